The molecule has 1 heterocycles. The fourth-order valence-corrected chi connectivity index (χ4v) is 7.60. The number of hydrogen-bond donors (Lipinski definition) is 2. The summed E-state index contributed by atoms with van der Waals surface area (Å²) in [5.74, 6) is 1.31. The fourth-order valence-electron chi connectivity index (χ4n) is 7.60. The molecule has 1 saturated heterocycles. The zero-order valence-electron chi connectivity index (χ0n) is 24.9. The largest absolute Gasteiger partial charge is 0.393 e. The summed E-state index contributed by atoms with van der Waals surface area (Å²) < 4.78 is 0. The molecule has 3 aliphatic carbocycles. The van der Waals surface area contributed by atoms with Gasteiger partial charge in [0.05, 0.1) is 18.8 Å². The van der Waals surface area contributed by atoms with E-state index in [0.717, 1.165) is 23.1 Å². The predicted molar refractivity (Wildman–Crippen MR) is 156 cm³/mol. The number of amides is 2. The second kappa shape index (κ2) is 10.9. The maximum atomic E-state index is 13.9. The van der Waals surface area contributed by atoms with Gasteiger partial charge in [-0.05, 0) is 84.7 Å². The van der Waals surface area contributed by atoms with Crippen molar-refractivity contribution in [3.63, 3.8) is 0 Å². The summed E-state index contributed by atoms with van der Waals surface area (Å²) >= 11 is 0. The molecule has 2 aromatic rings. The molecule has 0 aromatic heterocycles. The van der Waals surface area contributed by atoms with Crippen LogP contribution in [0, 0.1) is 29.1 Å². The molecule has 2 bridgehead atoms. The third kappa shape index (κ3) is 5.19. The molecule has 216 valence electrons. The number of nitrogens with zero attached hydrogens (tertiary/aromatic N) is 2. The molecule has 2 aromatic carbocycles. The van der Waals surface area contributed by atoms with E-state index in [1.165, 1.54) is 6.42 Å². The van der Waals surface area contributed by atoms with Gasteiger partial charge in [-0.25, -0.2) is 0 Å². The van der Waals surface area contributed by atoms with Crippen LogP contribution < -0.4 is 5.32 Å². The molecule has 6 rings (SSSR count). The standard InChI is InChI=1S/C33H45N3O4/c1-19-27-16-26(33(27,4)5)17-28(19)34-31(38)30-29(20(2)37)21(3)40-36(30)18-22-9-8-10-25(15-22)23-11-13-24(14-12-23)32(39)35(6)7/h8-15,19-21,26-30,37H,16-18H2,1-7H3,(H,34,38)/t19-,20-,21-,26+,27-,28-,29+,30-/m0/s1. The number of aliphatic hydroxyl groups excluding tert-OH is 1. The molecule has 3 saturated carbocycles. The number of benzene rings is 2. The van der Waals surface area contributed by atoms with Crippen LogP contribution in [-0.2, 0) is 16.2 Å². The Labute approximate surface area is 238 Å². The Morgan fingerprint density at radius 3 is 2.40 bits per heavy atom. The molecule has 0 spiro atoms. The van der Waals surface area contributed by atoms with Crippen molar-refractivity contribution in [3.8, 4) is 11.1 Å². The van der Waals surface area contributed by atoms with Gasteiger partial charge >= 0.3 is 0 Å². The molecule has 2 amide bonds. The van der Waals surface area contributed by atoms with Crippen LogP contribution in [0.2, 0.25) is 0 Å². The summed E-state index contributed by atoms with van der Waals surface area (Å²) in [6.07, 6.45) is 1.32. The van der Waals surface area contributed by atoms with E-state index in [1.807, 2.05) is 49.4 Å². The van der Waals surface area contributed by atoms with Gasteiger partial charge in [-0.3, -0.25) is 14.4 Å². The SMILES string of the molecule is C[C@@H]1[C@@H](NC(=O)[C@@H]2[C@H]([C@H](C)O)[C@H](C)ON2Cc2cccc(-c3ccc(C(=O)N(C)C)cc3)c2)C[C@H]2C[C@@H]1C2(C)C. The van der Waals surface area contributed by atoms with E-state index in [9.17, 15) is 14.7 Å². The molecular weight excluding hydrogens is 502 g/mol. The van der Waals surface area contributed by atoms with Crippen LogP contribution in [0.4, 0.5) is 0 Å². The van der Waals surface area contributed by atoms with Crippen molar-refractivity contribution < 1.29 is 19.5 Å². The highest BCUT2D eigenvalue weighted by Crippen LogP contribution is 2.61. The summed E-state index contributed by atoms with van der Waals surface area (Å²) in [7, 11) is 3.49. The molecule has 2 N–H and O–H groups in total. The lowest BCUT2D eigenvalue weighted by molar-refractivity contribution is -0.174. The van der Waals surface area contributed by atoms with Crippen molar-refractivity contribution in [2.24, 2.45) is 29.1 Å². The van der Waals surface area contributed by atoms with Gasteiger partial charge in [-0.2, -0.15) is 5.06 Å². The highest BCUT2D eigenvalue weighted by Gasteiger charge is 2.57. The van der Waals surface area contributed by atoms with E-state index in [2.05, 4.69) is 32.2 Å². The summed E-state index contributed by atoms with van der Waals surface area (Å²) in [5.41, 5.74) is 4.05. The summed E-state index contributed by atoms with van der Waals surface area (Å²) in [4.78, 5) is 33.9. The van der Waals surface area contributed by atoms with Crippen LogP contribution in [-0.4, -0.2) is 65.3 Å². The molecule has 8 atom stereocenters. The van der Waals surface area contributed by atoms with Crippen molar-refractivity contribution in [1.82, 2.24) is 15.3 Å². The Balaban J connectivity index is 1.33. The maximum Gasteiger partial charge on any atom is 0.253 e. The second-order valence-electron chi connectivity index (χ2n) is 13.2. The lowest BCUT2D eigenvalue weighted by atomic mass is 9.45. The minimum absolute atomic E-state index is 0.0269. The average Bonchev–Trinajstić information content (AvgIpc) is 3.24. The number of hydroxylamine groups is 2. The molecule has 1 aliphatic heterocycles. The highest BCUT2D eigenvalue weighted by molar-refractivity contribution is 5.94. The second-order valence-corrected chi connectivity index (χ2v) is 13.2. The van der Waals surface area contributed by atoms with Gasteiger partial charge in [0.1, 0.15) is 6.04 Å². The minimum atomic E-state index is -0.679. The van der Waals surface area contributed by atoms with Crippen LogP contribution >= 0.6 is 0 Å². The molecule has 7 heteroatoms. The lowest BCUT2D eigenvalue weighted by Crippen LogP contribution is -2.62. The average molecular weight is 548 g/mol. The number of hydrogen-bond acceptors (Lipinski definition) is 5. The zero-order chi connectivity index (χ0) is 28.9. The van der Waals surface area contributed by atoms with E-state index in [1.54, 1.807) is 31.0 Å². The van der Waals surface area contributed by atoms with Crippen LogP contribution in [0.5, 0.6) is 0 Å². The summed E-state index contributed by atoms with van der Waals surface area (Å²) in [5, 5.41) is 15.8. The normalized spacial score (nSPS) is 31.8. The molecule has 4 fully saturated rings. The first-order chi connectivity index (χ1) is 18.9. The van der Waals surface area contributed by atoms with Gasteiger partial charge in [0.25, 0.3) is 5.91 Å². The number of fused-ring (bicyclic) bond motifs is 2. The van der Waals surface area contributed by atoms with Crippen LogP contribution in [0.25, 0.3) is 11.1 Å². The molecule has 7 nitrogen and oxygen atoms in total. The van der Waals surface area contributed by atoms with E-state index in [-0.39, 0.29) is 29.9 Å². The zero-order valence-corrected chi connectivity index (χ0v) is 24.9. The Bertz CT molecular complexity index is 1240. The summed E-state index contributed by atoms with van der Waals surface area (Å²) in [6, 6.07) is 15.4. The molecular formula is C33H45N3O4. The number of nitrogens with one attached hydrogen (secondary N) is 1. The van der Waals surface area contributed by atoms with Gasteiger partial charge in [-0.15, -0.1) is 0 Å². The minimum Gasteiger partial charge on any atom is -0.393 e. The van der Waals surface area contributed by atoms with E-state index < -0.39 is 12.1 Å². The van der Waals surface area contributed by atoms with Crippen molar-refractivity contribution in [2.75, 3.05) is 14.1 Å². The molecule has 0 radical (unpaired) electrons. The lowest BCUT2D eigenvalue weighted by Gasteiger charge is -2.62. The van der Waals surface area contributed by atoms with Crippen LogP contribution in [0.3, 0.4) is 0 Å². The van der Waals surface area contributed by atoms with E-state index in [0.29, 0.717) is 35.3 Å². The fraction of sp³-hybridized carbons (Fsp3) is 0.576. The van der Waals surface area contributed by atoms with Gasteiger partial charge in [0.2, 0.25) is 5.91 Å². The van der Waals surface area contributed by atoms with Gasteiger partial charge in [-0.1, -0.05) is 51.1 Å². The van der Waals surface area contributed by atoms with Crippen molar-refractivity contribution in [1.29, 1.82) is 0 Å². The van der Waals surface area contributed by atoms with Crippen molar-refractivity contribution in [2.45, 2.75) is 78.3 Å². The van der Waals surface area contributed by atoms with Gasteiger partial charge in [0.15, 0.2) is 0 Å². The number of rotatable bonds is 7. The quantitative estimate of drug-likeness (QED) is 0.523. The van der Waals surface area contributed by atoms with Crippen molar-refractivity contribution >= 4 is 11.8 Å². The summed E-state index contributed by atoms with van der Waals surface area (Å²) in [6.45, 7) is 11.1. The van der Waals surface area contributed by atoms with Gasteiger partial charge < -0.3 is 15.3 Å². The molecule has 0 unspecified atom stereocenters. The van der Waals surface area contributed by atoms with E-state index >= 15 is 0 Å². The maximum absolute atomic E-state index is 13.9. The van der Waals surface area contributed by atoms with Crippen LogP contribution in [0.15, 0.2) is 48.5 Å². The first kappa shape index (κ1) is 28.8. The Hall–Kier alpha value is -2.74. The van der Waals surface area contributed by atoms with Crippen LogP contribution in [0.1, 0.15) is 63.4 Å². The number of aliphatic hydroxyl groups is 1. The smallest absolute Gasteiger partial charge is 0.253 e. The topological polar surface area (TPSA) is 82.1 Å². The predicted octanol–water partition coefficient (Wildman–Crippen LogP) is 4.74. The number of carbonyl (C=O) groups is 2. The Kier molecular flexibility index (Phi) is 7.85. The Morgan fingerprint density at radius 1 is 1.10 bits per heavy atom. The van der Waals surface area contributed by atoms with Crippen molar-refractivity contribution in [3.05, 3.63) is 59.7 Å². The van der Waals surface area contributed by atoms with E-state index in [4.69, 9.17) is 4.84 Å². The highest BCUT2D eigenvalue weighted by atomic mass is 16.7. The van der Waals surface area contributed by atoms with Gasteiger partial charge in [0, 0.05) is 31.6 Å². The molecule has 40 heavy (non-hydrogen) atoms. The first-order valence-corrected chi connectivity index (χ1v) is 14.7. The monoisotopic (exact) mass is 547 g/mol. The third-order valence-electron chi connectivity index (χ3n) is 10.2. The first-order valence-electron chi connectivity index (χ1n) is 14.7. The third-order valence-corrected chi connectivity index (χ3v) is 10.2. The number of carbonyl (C=O) groups excluding carboxylic acids is 2. The molecule has 4 aliphatic rings. The Morgan fingerprint density at radius 2 is 1.80 bits per heavy atom.